The summed E-state index contributed by atoms with van der Waals surface area (Å²) >= 11 is 0. The van der Waals surface area contributed by atoms with E-state index in [0.29, 0.717) is 5.92 Å². The summed E-state index contributed by atoms with van der Waals surface area (Å²) in [5.41, 5.74) is -0.752. The van der Waals surface area contributed by atoms with Crippen molar-refractivity contribution < 1.29 is 17.4 Å². The van der Waals surface area contributed by atoms with Crippen molar-refractivity contribution in [3.8, 4) is 0 Å². The lowest BCUT2D eigenvalue weighted by atomic mass is 9.73. The molecule has 0 aromatic rings. The minimum Gasteiger partial charge on any atom is -0.387 e. The zero-order chi connectivity index (χ0) is 16.4. The summed E-state index contributed by atoms with van der Waals surface area (Å²) < 4.78 is 26.0. The minimum absolute atomic E-state index is 0.00463. The largest absolute Gasteiger partial charge is 0.387 e. The maximum atomic E-state index is 13.0. The first kappa shape index (κ1) is 17.2. The molecule has 2 aliphatic carbocycles. The van der Waals surface area contributed by atoms with Crippen molar-refractivity contribution in [3.63, 3.8) is 0 Å². The first-order valence-corrected chi connectivity index (χ1v) is 9.99. The van der Waals surface area contributed by atoms with Gasteiger partial charge in [-0.1, -0.05) is 13.8 Å². The van der Waals surface area contributed by atoms with Gasteiger partial charge in [-0.15, -0.1) is 0 Å². The van der Waals surface area contributed by atoms with E-state index in [-0.39, 0.29) is 21.4 Å². The average Bonchev–Trinajstić information content (AvgIpc) is 2.61. The molecule has 0 radical (unpaired) electrons. The molecule has 4 nitrogen and oxygen atoms in total. The number of nitrogens with zero attached hydrogens (tertiary/aromatic N) is 1. The number of rotatable bonds is 4. The first-order chi connectivity index (χ1) is 9.37. The molecule has 0 aromatic carbocycles. The van der Waals surface area contributed by atoms with Crippen molar-refractivity contribution in [2.24, 2.45) is 11.3 Å². The number of fused-ring (bicyclic) bond motifs is 2. The predicted octanol–water partition coefficient (Wildman–Crippen LogP) is 2.52. The van der Waals surface area contributed by atoms with Crippen LogP contribution in [0.5, 0.6) is 0 Å². The normalized spacial score (nSPS) is 35.9. The molecule has 0 amide bonds. The van der Waals surface area contributed by atoms with Gasteiger partial charge in [0.05, 0.1) is 18.3 Å². The highest BCUT2D eigenvalue weighted by molar-refractivity contribution is 7.85. The smallest absolute Gasteiger partial charge is 0.295 e. The van der Waals surface area contributed by atoms with Crippen LogP contribution in [0.25, 0.3) is 0 Å². The van der Waals surface area contributed by atoms with Crippen LogP contribution in [0.15, 0.2) is 0 Å². The van der Waals surface area contributed by atoms with Crippen LogP contribution in [-0.2, 0) is 10.0 Å². The number of quaternary nitrogens is 1. The van der Waals surface area contributed by atoms with Crippen molar-refractivity contribution in [1.82, 2.24) is 0 Å². The lowest BCUT2D eigenvalue weighted by Crippen LogP contribution is -2.78. The van der Waals surface area contributed by atoms with Crippen LogP contribution in [0, 0.1) is 11.3 Å². The molecule has 124 valence electrons. The Labute approximate surface area is 130 Å². The maximum Gasteiger partial charge on any atom is 0.295 e. The number of hydrogen-bond donors (Lipinski definition) is 1. The van der Waals surface area contributed by atoms with E-state index in [2.05, 4.69) is 13.8 Å². The molecular weight excluding hydrogens is 286 g/mol. The zero-order valence-electron chi connectivity index (χ0n) is 14.5. The number of aliphatic hydroxyl groups excluding tert-OH is 1. The van der Waals surface area contributed by atoms with Gasteiger partial charge >= 0.3 is 0 Å². The molecule has 21 heavy (non-hydrogen) atoms. The van der Waals surface area contributed by atoms with E-state index in [9.17, 15) is 13.5 Å². The SMILES string of the molecule is CC(C)[N+](C(C)C)(C12CCC(CC1O)C2(C)C)S(C)(=O)=O. The van der Waals surface area contributed by atoms with E-state index in [1.165, 1.54) is 6.26 Å². The van der Waals surface area contributed by atoms with E-state index >= 15 is 0 Å². The number of sulfonamides is 1. The van der Waals surface area contributed by atoms with Gasteiger partial charge in [0.1, 0.15) is 11.6 Å². The average molecular weight is 319 g/mol. The third-order valence-corrected chi connectivity index (χ3v) is 9.04. The summed E-state index contributed by atoms with van der Waals surface area (Å²) in [5, 5.41) is 10.9. The Kier molecular flexibility index (Phi) is 3.84. The van der Waals surface area contributed by atoms with Crippen molar-refractivity contribution in [3.05, 3.63) is 0 Å². The predicted molar refractivity (Wildman–Crippen MR) is 85.2 cm³/mol. The lowest BCUT2D eigenvalue weighted by molar-refractivity contribution is -0.913. The van der Waals surface area contributed by atoms with E-state index in [1.807, 2.05) is 27.7 Å². The molecule has 0 aliphatic heterocycles. The van der Waals surface area contributed by atoms with Gasteiger partial charge in [0.25, 0.3) is 10.0 Å². The van der Waals surface area contributed by atoms with Crippen molar-refractivity contribution in [2.45, 2.75) is 84.5 Å². The monoisotopic (exact) mass is 318 g/mol. The van der Waals surface area contributed by atoms with Crippen LogP contribution in [0.1, 0.15) is 60.8 Å². The molecule has 2 aliphatic rings. The van der Waals surface area contributed by atoms with Crippen LogP contribution >= 0.6 is 0 Å². The molecule has 0 saturated heterocycles. The van der Waals surface area contributed by atoms with Crippen molar-refractivity contribution in [2.75, 3.05) is 6.26 Å². The summed E-state index contributed by atoms with van der Waals surface area (Å²) in [5.74, 6) is 0.421. The number of hydrogen-bond acceptors (Lipinski definition) is 3. The fourth-order valence-corrected chi connectivity index (χ4v) is 8.91. The van der Waals surface area contributed by atoms with E-state index in [0.717, 1.165) is 19.3 Å². The van der Waals surface area contributed by atoms with Gasteiger partial charge in [0.15, 0.2) is 0 Å². The van der Waals surface area contributed by atoms with E-state index < -0.39 is 21.7 Å². The fourth-order valence-electron chi connectivity index (χ4n) is 6.34. The Bertz CT molecular complexity index is 516. The van der Waals surface area contributed by atoms with Gasteiger partial charge in [0, 0.05) is 11.8 Å². The third kappa shape index (κ3) is 1.71. The molecule has 2 saturated carbocycles. The van der Waals surface area contributed by atoms with Gasteiger partial charge in [-0.25, -0.2) is 3.89 Å². The highest BCUT2D eigenvalue weighted by Crippen LogP contribution is 2.66. The number of aliphatic hydroxyl groups is 1. The highest BCUT2D eigenvalue weighted by Gasteiger charge is 2.77. The summed E-state index contributed by atoms with van der Waals surface area (Å²) in [4.78, 5) is 0. The molecule has 0 heterocycles. The van der Waals surface area contributed by atoms with Gasteiger partial charge in [-0.05, 0) is 46.5 Å². The second-order valence-electron chi connectivity index (χ2n) is 8.26. The van der Waals surface area contributed by atoms with Crippen molar-refractivity contribution >= 4 is 10.0 Å². The molecule has 1 N–H and O–H groups in total. The summed E-state index contributed by atoms with van der Waals surface area (Å²) in [7, 11) is -3.38. The second-order valence-corrected chi connectivity index (χ2v) is 10.3. The molecule has 5 heteroatoms. The summed E-state index contributed by atoms with van der Waals surface area (Å²) in [6.07, 6.45) is 3.39. The topological polar surface area (TPSA) is 54.4 Å². The van der Waals surface area contributed by atoms with E-state index in [1.54, 1.807) is 0 Å². The van der Waals surface area contributed by atoms with Crippen molar-refractivity contribution in [1.29, 1.82) is 0 Å². The van der Waals surface area contributed by atoms with Gasteiger partial charge in [-0.3, -0.25) is 0 Å². The first-order valence-electron chi connectivity index (χ1n) is 8.14. The molecule has 0 spiro atoms. The highest BCUT2D eigenvalue weighted by atomic mass is 32.2. The Morgan fingerprint density at radius 2 is 1.62 bits per heavy atom. The Morgan fingerprint density at radius 3 is 1.86 bits per heavy atom. The molecule has 2 rings (SSSR count). The molecule has 2 fully saturated rings. The van der Waals surface area contributed by atoms with Crippen LogP contribution < -0.4 is 0 Å². The Hall–Kier alpha value is -0.130. The second kappa shape index (κ2) is 4.68. The molecule has 2 bridgehead atoms. The van der Waals surface area contributed by atoms with E-state index in [4.69, 9.17) is 0 Å². The van der Waals surface area contributed by atoms with Crippen LogP contribution in [0.2, 0.25) is 0 Å². The van der Waals surface area contributed by atoms with Crippen LogP contribution in [0.4, 0.5) is 0 Å². The van der Waals surface area contributed by atoms with Crippen LogP contribution in [0.3, 0.4) is 0 Å². The third-order valence-electron chi connectivity index (χ3n) is 6.78. The Morgan fingerprint density at radius 1 is 1.14 bits per heavy atom. The summed E-state index contributed by atoms with van der Waals surface area (Å²) in [6.45, 7) is 12.3. The fraction of sp³-hybridized carbons (Fsp3) is 1.00. The van der Waals surface area contributed by atoms with Gasteiger partial charge in [-0.2, -0.15) is 8.42 Å². The molecule has 3 unspecified atom stereocenters. The quantitative estimate of drug-likeness (QED) is 0.810. The molecular formula is C16H32NO3S+. The zero-order valence-corrected chi connectivity index (χ0v) is 15.4. The molecule has 0 aromatic heterocycles. The minimum atomic E-state index is -3.38. The Balaban J connectivity index is 2.84. The standard InChI is InChI=1S/C16H32NO3S/c1-11(2)17(12(3)4,21(7,19)20)16-9-8-13(10-14(16)18)15(16,5)6/h11-14,18H,8-10H2,1-7H3/q+1. The lowest BCUT2D eigenvalue weighted by Gasteiger charge is -2.59. The molecule has 3 atom stereocenters. The summed E-state index contributed by atoms with van der Waals surface area (Å²) in [6, 6.07) is -0.156. The van der Waals surface area contributed by atoms with Gasteiger partial charge in [0.2, 0.25) is 0 Å². The maximum absolute atomic E-state index is 13.0. The van der Waals surface area contributed by atoms with Gasteiger partial charge < -0.3 is 5.11 Å². The van der Waals surface area contributed by atoms with Crippen LogP contribution in [-0.4, -0.2) is 47.4 Å².